The van der Waals surface area contributed by atoms with E-state index in [1.165, 1.54) is 105 Å². The molecule has 17 bridgehead atoms. The quantitative estimate of drug-likeness (QED) is 0.0358. The number of carbonyl (C=O) groups excluding carboxylic acids is 7. The van der Waals surface area contributed by atoms with Gasteiger partial charge in [-0.3, -0.25) is 33.6 Å². The highest BCUT2D eigenvalue weighted by atomic mass is 35.5. The molecule has 6 aliphatic rings. The molecule has 0 fully saturated rings. The number of quaternary nitrogens is 1. The Hall–Kier alpha value is -10.5. The van der Waals surface area contributed by atoms with Crippen LogP contribution in [0.25, 0.3) is 11.1 Å². The summed E-state index contributed by atoms with van der Waals surface area (Å²) in [6, 6.07) is 9.64. The van der Waals surface area contributed by atoms with Crippen molar-refractivity contribution in [2.75, 3.05) is 33.7 Å². The largest absolute Gasteiger partial charge is 0.508 e. The number of halogens is 2. The Balaban J connectivity index is 1.03. The number of fused-ring (bicyclic) bond motifs is 14. The van der Waals surface area contributed by atoms with Crippen LogP contribution in [0.15, 0.2) is 115 Å². The van der Waals surface area contributed by atoms with Crippen molar-refractivity contribution in [3.8, 4) is 80.1 Å². The Kier molecular flexibility index (Phi) is 21.7. The second-order valence-electron chi connectivity index (χ2n) is 26.3. The SMILES string of the molecule is CCCCCCCCCC[N+](C)(C)CCCNC(=O)[C@H]1NC(=O)[C@H]2NC(=O)[C@H](NC(=O)[C@@H]3NC(=O)[C@H]4NC(=O)[C@@H](Cc5ccc(c(Cl)c5)Oc5cc3cc(c5O)Oc3ccc(cc3Cl)[C@H]2O)NC(=O)[C@H](N)c2ccc(O)c(c2)Oc2cc(O)cc4c2)c2ccc(O)c(c2)-c2c(O)cc(O)cc21. The summed E-state index contributed by atoms with van der Waals surface area (Å²) in [5.41, 5.74) is 5.15. The first kappa shape index (κ1) is 71.8. The lowest BCUT2D eigenvalue weighted by atomic mass is 9.89. The van der Waals surface area contributed by atoms with Crippen molar-refractivity contribution in [1.82, 2.24) is 37.2 Å². The third kappa shape index (κ3) is 16.4. The predicted octanol–water partition coefficient (Wildman–Crippen LogP) is 8.62. The molecule has 0 aromatic heterocycles. The lowest BCUT2D eigenvalue weighted by Crippen LogP contribution is -2.56. The molecule has 6 aliphatic heterocycles. The number of phenolic OH excluding ortho intramolecular Hbond substituents is 6. The van der Waals surface area contributed by atoms with Crippen LogP contribution in [0.3, 0.4) is 0 Å². The molecule has 16 N–H and O–H groups in total. The number of aliphatic hydroxyl groups excluding tert-OH is 1. The van der Waals surface area contributed by atoms with E-state index in [2.05, 4.69) is 58.2 Å². The highest BCUT2D eigenvalue weighted by Gasteiger charge is 2.42. The first-order valence-electron chi connectivity index (χ1n) is 33.1. The molecule has 26 nitrogen and oxygen atoms in total. The first-order valence-corrected chi connectivity index (χ1v) is 33.9. The van der Waals surface area contributed by atoms with Gasteiger partial charge in [0.1, 0.15) is 88.6 Å². The van der Waals surface area contributed by atoms with Crippen molar-refractivity contribution in [3.05, 3.63) is 164 Å². The van der Waals surface area contributed by atoms with Gasteiger partial charge in [-0.25, -0.2) is 0 Å². The molecule has 101 heavy (non-hydrogen) atoms. The van der Waals surface area contributed by atoms with E-state index >= 15 is 24.0 Å². The number of ether oxygens (including phenoxy) is 3. The minimum Gasteiger partial charge on any atom is -0.508 e. The molecule has 530 valence electrons. The maximum absolute atomic E-state index is 16.0. The third-order valence-corrected chi connectivity index (χ3v) is 18.9. The van der Waals surface area contributed by atoms with Gasteiger partial charge in [0.25, 0.3) is 0 Å². The van der Waals surface area contributed by atoms with Crippen LogP contribution in [0.1, 0.15) is 140 Å². The highest BCUT2D eigenvalue weighted by molar-refractivity contribution is 6.32. The number of aliphatic hydroxyl groups is 1. The average molecular weight is 1420 g/mol. The molecular formula is C73H78Cl2N9O17+. The van der Waals surface area contributed by atoms with Gasteiger partial charge in [0.2, 0.25) is 47.1 Å². The van der Waals surface area contributed by atoms with Gasteiger partial charge in [-0.15, -0.1) is 0 Å². The van der Waals surface area contributed by atoms with E-state index in [1.54, 1.807) is 0 Å². The van der Waals surface area contributed by atoms with Crippen LogP contribution in [0, 0.1) is 0 Å². The number of hydrogen-bond donors (Lipinski definition) is 15. The van der Waals surface area contributed by atoms with Gasteiger partial charge in [0, 0.05) is 42.6 Å². The van der Waals surface area contributed by atoms with Crippen molar-refractivity contribution in [1.29, 1.82) is 0 Å². The number of nitrogens with one attached hydrogen (secondary N) is 7. The minimum atomic E-state index is -2.15. The van der Waals surface area contributed by atoms with E-state index in [9.17, 15) is 45.3 Å². The molecule has 7 amide bonds. The monoisotopic (exact) mass is 1420 g/mol. The number of nitrogens with two attached hydrogens (primary N) is 1. The molecule has 28 heteroatoms. The van der Waals surface area contributed by atoms with Gasteiger partial charge in [0.15, 0.2) is 23.0 Å². The van der Waals surface area contributed by atoms with Gasteiger partial charge in [-0.05, 0) is 131 Å². The second-order valence-corrected chi connectivity index (χ2v) is 27.1. The molecule has 13 rings (SSSR count). The maximum Gasteiger partial charge on any atom is 0.248 e. The molecule has 6 heterocycles. The smallest absolute Gasteiger partial charge is 0.248 e. The summed E-state index contributed by atoms with van der Waals surface area (Å²) in [7, 11) is 4.19. The molecule has 0 spiro atoms. The van der Waals surface area contributed by atoms with Crippen LogP contribution in [0.2, 0.25) is 10.0 Å². The Labute approximate surface area is 590 Å². The fourth-order valence-electron chi connectivity index (χ4n) is 12.8. The zero-order chi connectivity index (χ0) is 72.1. The van der Waals surface area contributed by atoms with Crippen LogP contribution in [0.5, 0.6) is 69.0 Å². The molecule has 7 aromatic rings. The van der Waals surface area contributed by atoms with Crippen molar-refractivity contribution >= 4 is 64.6 Å². The van der Waals surface area contributed by atoms with Crippen molar-refractivity contribution < 1.29 is 88.0 Å². The number of aromatic hydroxyl groups is 6. The van der Waals surface area contributed by atoms with E-state index in [-0.39, 0.29) is 90.5 Å². The van der Waals surface area contributed by atoms with Crippen LogP contribution in [0.4, 0.5) is 0 Å². The standard InChI is InChI=1S/C73H77Cl2N9O17/c1-4-5-6-7-8-9-10-11-22-84(2,3)23-12-21-77-69(94)63-46-34-43(86)35-52(89)58(46)45-28-38(15-17-50(45)87)60-70(95)83-64(73(98)82-63)65(90)39-16-20-54(48(75)29-39)101-57-32-41-31-56(66(57)91)100-53-19-13-36(24-47(53)74)25-49-67(92)79-61(71(96)81-62(41)72(97)80-60)40-26-42(85)33-44(27-40)99-55-30-37(14-18-51(55)88)59(76)68(93)78-49/h13-20,24,26-35,49,59-65,90H,4-12,21-23,25,76H2,1-3H3,(H12-,77,78,79,80,81,82,83,85,86,87,88,89,91,92,93,94,95,96,97,98)/p+1/t49-,59-,60-,61+,62-,63+,64+,65-/m1/s1. The lowest BCUT2D eigenvalue weighted by molar-refractivity contribution is -0.890. The summed E-state index contributed by atoms with van der Waals surface area (Å²) in [5, 5.41) is 100. The number of hydrogen-bond acceptors (Lipinski definition) is 18. The average Bonchev–Trinajstić information content (AvgIpc) is 0.768. The number of unbranched alkanes of at least 4 members (excludes halogenated alkanes) is 7. The van der Waals surface area contributed by atoms with E-state index in [1.807, 2.05) is 0 Å². The topological polar surface area (TPSA) is 399 Å². The van der Waals surface area contributed by atoms with Gasteiger partial charge >= 0.3 is 0 Å². The number of carbonyl (C=O) groups is 7. The fourth-order valence-corrected chi connectivity index (χ4v) is 13.3. The first-order chi connectivity index (χ1) is 48.2. The molecule has 7 aromatic carbocycles. The molecule has 0 saturated carbocycles. The Morgan fingerprint density at radius 1 is 0.525 bits per heavy atom. The molecule has 0 radical (unpaired) electrons. The fraction of sp³-hybridized carbons (Fsp3) is 0.329. The predicted molar refractivity (Wildman–Crippen MR) is 369 cm³/mol. The van der Waals surface area contributed by atoms with Crippen LogP contribution in [-0.2, 0) is 40.0 Å². The van der Waals surface area contributed by atoms with E-state index in [4.69, 9.17) is 43.1 Å². The Morgan fingerprint density at radius 2 is 1.10 bits per heavy atom. The van der Waals surface area contributed by atoms with Crippen LogP contribution in [-0.4, -0.2) is 127 Å². The van der Waals surface area contributed by atoms with Gasteiger partial charge < -0.3 is 97.4 Å². The molecule has 8 atom stereocenters. The Bertz CT molecular complexity index is 4400. The number of rotatable bonds is 14. The molecule has 0 unspecified atom stereocenters. The summed E-state index contributed by atoms with van der Waals surface area (Å²) in [5.74, 6) is -13.2. The Morgan fingerprint density at radius 3 is 1.78 bits per heavy atom. The minimum absolute atomic E-state index is 0.0831. The number of phenols is 6. The summed E-state index contributed by atoms with van der Waals surface area (Å²) in [4.78, 5) is 107. The highest BCUT2D eigenvalue weighted by Crippen LogP contribution is 2.48. The zero-order valence-electron chi connectivity index (χ0n) is 55.3. The van der Waals surface area contributed by atoms with Crippen molar-refractivity contribution in [2.45, 2.75) is 120 Å². The zero-order valence-corrected chi connectivity index (χ0v) is 56.8. The van der Waals surface area contributed by atoms with E-state index in [0.29, 0.717) is 23.0 Å². The molecular weight excluding hydrogens is 1350 g/mol. The summed E-state index contributed by atoms with van der Waals surface area (Å²) < 4.78 is 19.3. The van der Waals surface area contributed by atoms with E-state index < -0.39 is 136 Å². The third-order valence-electron chi connectivity index (χ3n) is 18.3. The lowest BCUT2D eigenvalue weighted by Gasteiger charge is -2.32. The summed E-state index contributed by atoms with van der Waals surface area (Å²) in [6.45, 7) is 3.80. The number of nitrogens with zero attached hydrogens (tertiary/aromatic N) is 1. The second kappa shape index (κ2) is 30.5. The maximum atomic E-state index is 16.0. The number of amides is 7. The van der Waals surface area contributed by atoms with Crippen molar-refractivity contribution in [3.63, 3.8) is 0 Å². The van der Waals surface area contributed by atoms with Crippen LogP contribution >= 0.6 is 23.2 Å². The molecule has 0 aliphatic carbocycles. The van der Waals surface area contributed by atoms with E-state index in [0.717, 1.165) is 68.3 Å². The van der Waals surface area contributed by atoms with Crippen LogP contribution < -0.4 is 57.2 Å². The number of benzene rings is 7. The van der Waals surface area contributed by atoms with Crippen molar-refractivity contribution in [2.24, 2.45) is 5.73 Å². The molecule has 0 saturated heterocycles. The summed E-state index contributed by atoms with van der Waals surface area (Å²) in [6.07, 6.45) is 7.34. The normalized spacial score (nSPS) is 20.6. The van der Waals surface area contributed by atoms with Gasteiger partial charge in [-0.1, -0.05) is 92.9 Å². The van der Waals surface area contributed by atoms with Gasteiger partial charge in [0.05, 0.1) is 37.2 Å². The summed E-state index contributed by atoms with van der Waals surface area (Å²) >= 11 is 13.9. The van der Waals surface area contributed by atoms with Gasteiger partial charge in [-0.2, -0.15) is 0 Å².